The molecule has 0 fully saturated rings. The molecular formula is C58H35N3OS. The SMILES string of the molecule is c1ccc(-c2nc(-c3ccccc3)c3c4cc(-c5cccc6c5sc5c(-c7ccccc7)cccc56)ccc4n(-c4ccc(-c5cccc6c5oc5ccccc56)cc4)c3n2)cc1. The first kappa shape index (κ1) is 35.6. The quantitative estimate of drug-likeness (QED) is 0.168. The van der Waals surface area contributed by atoms with Crippen molar-refractivity contribution in [3.05, 3.63) is 212 Å². The Bertz CT molecular complexity index is 3890. The summed E-state index contributed by atoms with van der Waals surface area (Å²) in [5, 5.41) is 6.91. The van der Waals surface area contributed by atoms with Crippen molar-refractivity contribution in [1.29, 1.82) is 0 Å². The normalized spacial score (nSPS) is 11.8. The number of aromatic nitrogens is 3. The molecule has 294 valence electrons. The number of benzene rings is 9. The maximum absolute atomic E-state index is 6.46. The summed E-state index contributed by atoms with van der Waals surface area (Å²) in [6, 6.07) is 75.4. The summed E-state index contributed by atoms with van der Waals surface area (Å²) in [5.74, 6) is 0.684. The summed E-state index contributed by atoms with van der Waals surface area (Å²) in [7, 11) is 0. The number of hydrogen-bond donors (Lipinski definition) is 0. The van der Waals surface area contributed by atoms with Crippen LogP contribution in [-0.4, -0.2) is 14.5 Å². The molecule has 0 aliphatic rings. The monoisotopic (exact) mass is 821 g/mol. The average molecular weight is 822 g/mol. The third-order valence-corrected chi connectivity index (χ3v) is 13.7. The molecule has 13 aromatic rings. The zero-order chi connectivity index (χ0) is 41.4. The van der Waals surface area contributed by atoms with Crippen molar-refractivity contribution in [2.45, 2.75) is 0 Å². The molecule has 0 aliphatic carbocycles. The Morgan fingerprint density at radius 1 is 0.397 bits per heavy atom. The summed E-state index contributed by atoms with van der Waals surface area (Å²) < 4.78 is 11.4. The van der Waals surface area contributed by atoms with Crippen LogP contribution in [-0.2, 0) is 0 Å². The number of thiophene rings is 1. The van der Waals surface area contributed by atoms with E-state index < -0.39 is 0 Å². The van der Waals surface area contributed by atoms with Gasteiger partial charge in [0.15, 0.2) is 5.82 Å². The van der Waals surface area contributed by atoms with E-state index in [1.54, 1.807) is 0 Å². The van der Waals surface area contributed by atoms with Gasteiger partial charge in [0.05, 0.1) is 16.6 Å². The van der Waals surface area contributed by atoms with E-state index in [2.05, 4.69) is 187 Å². The lowest BCUT2D eigenvalue weighted by Gasteiger charge is -2.11. The molecule has 0 bridgehead atoms. The molecule has 0 unspecified atom stereocenters. The molecule has 5 heteroatoms. The molecule has 4 aromatic heterocycles. The van der Waals surface area contributed by atoms with E-state index in [0.717, 1.165) is 83.1 Å². The Morgan fingerprint density at radius 2 is 0.952 bits per heavy atom. The Morgan fingerprint density at radius 3 is 1.67 bits per heavy atom. The summed E-state index contributed by atoms with van der Waals surface area (Å²) in [6.45, 7) is 0. The molecular weight excluding hydrogens is 787 g/mol. The van der Waals surface area contributed by atoms with Gasteiger partial charge >= 0.3 is 0 Å². The second-order valence-corrected chi connectivity index (χ2v) is 17.1. The molecule has 0 radical (unpaired) electrons. The van der Waals surface area contributed by atoms with Crippen molar-refractivity contribution >= 4 is 75.4 Å². The maximum Gasteiger partial charge on any atom is 0.162 e. The molecule has 9 aromatic carbocycles. The smallest absolute Gasteiger partial charge is 0.162 e. The van der Waals surface area contributed by atoms with Crippen LogP contribution < -0.4 is 0 Å². The van der Waals surface area contributed by atoms with Gasteiger partial charge in [0.1, 0.15) is 16.8 Å². The summed E-state index contributed by atoms with van der Waals surface area (Å²) in [4.78, 5) is 10.8. The van der Waals surface area contributed by atoms with Crippen LogP contribution in [0.1, 0.15) is 0 Å². The van der Waals surface area contributed by atoms with Gasteiger partial charge in [-0.25, -0.2) is 9.97 Å². The molecule has 0 N–H and O–H groups in total. The van der Waals surface area contributed by atoms with Crippen LogP contribution in [0.4, 0.5) is 0 Å². The lowest BCUT2D eigenvalue weighted by Crippen LogP contribution is -1.99. The lowest BCUT2D eigenvalue weighted by atomic mass is 9.98. The minimum Gasteiger partial charge on any atom is -0.455 e. The molecule has 4 heterocycles. The van der Waals surface area contributed by atoms with Gasteiger partial charge in [-0.15, -0.1) is 11.3 Å². The van der Waals surface area contributed by atoms with Crippen LogP contribution >= 0.6 is 11.3 Å². The summed E-state index contributed by atoms with van der Waals surface area (Å²) >= 11 is 1.88. The molecule has 0 saturated heterocycles. The summed E-state index contributed by atoms with van der Waals surface area (Å²) in [5.41, 5.74) is 14.6. The number of para-hydroxylation sites is 2. The van der Waals surface area contributed by atoms with Gasteiger partial charge in [-0.05, 0) is 58.1 Å². The van der Waals surface area contributed by atoms with Crippen molar-refractivity contribution in [2.75, 3.05) is 0 Å². The highest BCUT2D eigenvalue weighted by atomic mass is 32.1. The van der Waals surface area contributed by atoms with E-state index in [1.165, 1.54) is 36.9 Å². The molecule has 0 aliphatic heterocycles. The second kappa shape index (κ2) is 14.2. The lowest BCUT2D eigenvalue weighted by molar-refractivity contribution is 0.670. The number of nitrogens with zero attached hydrogens (tertiary/aromatic N) is 3. The molecule has 0 spiro atoms. The molecule has 0 saturated carbocycles. The predicted molar refractivity (Wildman–Crippen MR) is 264 cm³/mol. The van der Waals surface area contributed by atoms with Crippen LogP contribution in [0.15, 0.2) is 217 Å². The van der Waals surface area contributed by atoms with Crippen LogP contribution in [0.25, 0.3) is 126 Å². The Balaban J connectivity index is 1.05. The predicted octanol–water partition coefficient (Wildman–Crippen LogP) is 16.2. The van der Waals surface area contributed by atoms with Crippen molar-refractivity contribution in [3.63, 3.8) is 0 Å². The second-order valence-electron chi connectivity index (χ2n) is 16.1. The van der Waals surface area contributed by atoms with Crippen molar-refractivity contribution in [1.82, 2.24) is 14.5 Å². The number of hydrogen-bond acceptors (Lipinski definition) is 4. The maximum atomic E-state index is 6.46. The third-order valence-electron chi connectivity index (χ3n) is 12.4. The standard InChI is InChI=1S/C58H35N3OS/c1-4-15-36(16-5-1)43-23-13-26-47-48-27-14-24-44(56(48)63-55(43)47)40-31-34-50-49(35-40)52-53(38-17-6-2-7-18-38)59-57(39-19-8-3-9-20-39)60-58(52)61(50)41-32-29-37(30-33-41)42-22-12-25-46-45-21-10-11-28-51(45)62-54(42)46/h1-35H. The van der Waals surface area contributed by atoms with Crippen molar-refractivity contribution in [3.8, 4) is 61.7 Å². The van der Waals surface area contributed by atoms with E-state index >= 15 is 0 Å². The van der Waals surface area contributed by atoms with Gasteiger partial charge in [-0.3, -0.25) is 4.57 Å². The van der Waals surface area contributed by atoms with Gasteiger partial charge in [-0.1, -0.05) is 182 Å². The minimum atomic E-state index is 0.684. The van der Waals surface area contributed by atoms with Crippen LogP contribution in [0.2, 0.25) is 0 Å². The average Bonchev–Trinajstić information content (AvgIpc) is 4.04. The molecule has 13 rings (SSSR count). The molecule has 4 nitrogen and oxygen atoms in total. The van der Waals surface area contributed by atoms with Crippen molar-refractivity contribution < 1.29 is 4.42 Å². The fourth-order valence-electron chi connectivity index (χ4n) is 9.51. The first-order chi connectivity index (χ1) is 31.2. The zero-order valence-corrected chi connectivity index (χ0v) is 34.7. The highest BCUT2D eigenvalue weighted by Crippen LogP contribution is 2.46. The topological polar surface area (TPSA) is 43.9 Å². The fraction of sp³-hybridized carbons (Fsp3) is 0. The number of furan rings is 1. The van der Waals surface area contributed by atoms with Gasteiger partial charge in [0.25, 0.3) is 0 Å². The Kier molecular flexibility index (Phi) is 8.05. The highest BCUT2D eigenvalue weighted by Gasteiger charge is 2.23. The van der Waals surface area contributed by atoms with Gasteiger partial charge in [0.2, 0.25) is 0 Å². The van der Waals surface area contributed by atoms with E-state index in [4.69, 9.17) is 14.4 Å². The first-order valence-corrected chi connectivity index (χ1v) is 22.0. The largest absolute Gasteiger partial charge is 0.455 e. The van der Waals surface area contributed by atoms with Crippen molar-refractivity contribution in [2.24, 2.45) is 0 Å². The Labute approximate surface area is 366 Å². The van der Waals surface area contributed by atoms with E-state index in [0.29, 0.717) is 5.82 Å². The van der Waals surface area contributed by atoms with Gasteiger partial charge < -0.3 is 4.42 Å². The third kappa shape index (κ3) is 5.67. The fourth-order valence-corrected chi connectivity index (χ4v) is 10.9. The molecule has 63 heavy (non-hydrogen) atoms. The van der Waals surface area contributed by atoms with Gasteiger partial charge in [-0.2, -0.15) is 0 Å². The minimum absolute atomic E-state index is 0.684. The van der Waals surface area contributed by atoms with Crippen LogP contribution in [0.5, 0.6) is 0 Å². The number of fused-ring (bicyclic) bond motifs is 9. The van der Waals surface area contributed by atoms with Crippen LogP contribution in [0.3, 0.4) is 0 Å². The highest BCUT2D eigenvalue weighted by molar-refractivity contribution is 7.26. The summed E-state index contributed by atoms with van der Waals surface area (Å²) in [6.07, 6.45) is 0. The Hall–Kier alpha value is -8.12. The van der Waals surface area contributed by atoms with E-state index in [-0.39, 0.29) is 0 Å². The van der Waals surface area contributed by atoms with Gasteiger partial charge in [0, 0.05) is 58.7 Å². The van der Waals surface area contributed by atoms with E-state index in [1.807, 2.05) is 41.7 Å². The molecule has 0 atom stereocenters. The van der Waals surface area contributed by atoms with E-state index in [9.17, 15) is 0 Å². The van der Waals surface area contributed by atoms with Crippen LogP contribution in [0, 0.1) is 0 Å². The zero-order valence-electron chi connectivity index (χ0n) is 33.9. The number of rotatable bonds is 6. The first-order valence-electron chi connectivity index (χ1n) is 21.2. The molecule has 0 amide bonds.